The lowest BCUT2D eigenvalue weighted by Gasteiger charge is -2.20. The van der Waals surface area contributed by atoms with Gasteiger partial charge in [0.2, 0.25) is 0 Å². The number of hydrogen-bond acceptors (Lipinski definition) is 6. The summed E-state index contributed by atoms with van der Waals surface area (Å²) in [6.07, 6.45) is 0.384. The number of benzene rings is 2. The molecule has 1 unspecified atom stereocenters. The van der Waals surface area contributed by atoms with Crippen LogP contribution in [0.4, 0.5) is 0 Å². The van der Waals surface area contributed by atoms with Crippen LogP contribution in [0.25, 0.3) is 0 Å². The topological polar surface area (TPSA) is 71.1 Å². The van der Waals surface area contributed by atoms with Gasteiger partial charge >= 0.3 is 13.8 Å². The lowest BCUT2D eigenvalue weighted by Crippen LogP contribution is -2.20. The van der Waals surface area contributed by atoms with E-state index in [1.54, 1.807) is 67.6 Å². The van der Waals surface area contributed by atoms with Crippen molar-refractivity contribution < 1.29 is 27.7 Å². The Kier molecular flexibility index (Phi) is 6.81. The van der Waals surface area contributed by atoms with Crippen molar-refractivity contribution >= 4 is 13.8 Å². The molecule has 0 bridgehead atoms. The number of carbonyl (C=O) groups is 1. The van der Waals surface area contributed by atoms with E-state index in [0.29, 0.717) is 11.5 Å². The quantitative estimate of drug-likeness (QED) is 0.374. The molecule has 1 atom stereocenters. The second-order valence-corrected chi connectivity index (χ2v) is 6.52. The molecule has 25 heavy (non-hydrogen) atoms. The van der Waals surface area contributed by atoms with Gasteiger partial charge in [0, 0.05) is 6.08 Å². The van der Waals surface area contributed by atoms with E-state index in [4.69, 9.17) is 18.3 Å². The van der Waals surface area contributed by atoms with E-state index < -0.39 is 19.9 Å². The molecule has 2 aromatic rings. The molecule has 0 N–H and O–H groups in total. The summed E-state index contributed by atoms with van der Waals surface area (Å²) in [5.74, 6) is 0.0638. The van der Waals surface area contributed by atoms with Crippen molar-refractivity contribution in [3.8, 4) is 11.5 Å². The predicted octanol–water partition coefficient (Wildman–Crippen LogP) is 4.39. The Bertz CT molecular complexity index is 686. The number of phosphoric ester groups is 1. The molecule has 0 aliphatic heterocycles. The zero-order chi connectivity index (χ0) is 18.1. The van der Waals surface area contributed by atoms with Crippen LogP contribution in [0.1, 0.15) is 6.92 Å². The Labute approximate surface area is 146 Å². The Hall–Kier alpha value is -2.56. The Balaban J connectivity index is 2.09. The fourth-order valence-corrected chi connectivity index (χ4v) is 3.06. The zero-order valence-electron chi connectivity index (χ0n) is 13.7. The van der Waals surface area contributed by atoms with Crippen molar-refractivity contribution in [1.29, 1.82) is 0 Å². The monoisotopic (exact) mass is 362 g/mol. The molecule has 7 heteroatoms. The maximum atomic E-state index is 13.0. The number of rotatable bonds is 9. The zero-order valence-corrected chi connectivity index (χ0v) is 14.6. The highest BCUT2D eigenvalue weighted by molar-refractivity contribution is 7.49. The maximum Gasteiger partial charge on any atom is 0.587 e. The third-order valence-corrected chi connectivity index (χ3v) is 4.21. The molecule has 0 saturated carbocycles. The Morgan fingerprint density at radius 3 is 1.96 bits per heavy atom. The Morgan fingerprint density at radius 2 is 1.52 bits per heavy atom. The molecule has 0 aliphatic rings. The molecule has 6 nitrogen and oxygen atoms in total. The molecule has 0 saturated heterocycles. The average molecular weight is 362 g/mol. The number of hydrogen-bond donors (Lipinski definition) is 0. The van der Waals surface area contributed by atoms with Crippen LogP contribution in [0.3, 0.4) is 0 Å². The van der Waals surface area contributed by atoms with Gasteiger partial charge < -0.3 is 13.8 Å². The second kappa shape index (κ2) is 9.06. The minimum atomic E-state index is -3.99. The van der Waals surface area contributed by atoms with Crippen LogP contribution in [0.2, 0.25) is 0 Å². The van der Waals surface area contributed by atoms with Crippen molar-refractivity contribution in [2.45, 2.75) is 13.0 Å². The number of phosphoric acid groups is 1. The fraction of sp³-hybridized carbons (Fsp3) is 0.167. The first kappa shape index (κ1) is 18.8. The van der Waals surface area contributed by atoms with Gasteiger partial charge in [-0.2, -0.15) is 0 Å². The van der Waals surface area contributed by atoms with Crippen LogP contribution in [-0.4, -0.2) is 18.7 Å². The van der Waals surface area contributed by atoms with Gasteiger partial charge in [-0.15, -0.1) is 0 Å². The van der Waals surface area contributed by atoms with Crippen molar-refractivity contribution in [3.63, 3.8) is 0 Å². The van der Waals surface area contributed by atoms with Gasteiger partial charge in [0.15, 0.2) is 0 Å². The number of carbonyl (C=O) groups excluding carboxylic acids is 1. The first-order valence-corrected chi connectivity index (χ1v) is 9.04. The fourth-order valence-electron chi connectivity index (χ4n) is 1.77. The summed E-state index contributed by atoms with van der Waals surface area (Å²) in [6.45, 7) is 4.74. The summed E-state index contributed by atoms with van der Waals surface area (Å²) in [6, 6.07) is 17.1. The number of para-hydroxylation sites is 2. The highest BCUT2D eigenvalue weighted by Gasteiger charge is 2.32. The van der Waals surface area contributed by atoms with Gasteiger partial charge in [0.05, 0.1) is 6.61 Å². The molecule has 0 aliphatic carbocycles. The first-order chi connectivity index (χ1) is 12.0. The molecule has 0 radical (unpaired) electrons. The van der Waals surface area contributed by atoms with Crippen LogP contribution >= 0.6 is 7.82 Å². The first-order valence-electron chi connectivity index (χ1n) is 7.58. The van der Waals surface area contributed by atoms with E-state index >= 15 is 0 Å². The summed E-state index contributed by atoms with van der Waals surface area (Å²) in [7, 11) is -3.99. The van der Waals surface area contributed by atoms with Gasteiger partial charge in [-0.05, 0) is 31.2 Å². The molecule has 0 fully saturated rings. The van der Waals surface area contributed by atoms with E-state index in [-0.39, 0.29) is 6.61 Å². The molecular weight excluding hydrogens is 343 g/mol. The summed E-state index contributed by atoms with van der Waals surface area (Å²) >= 11 is 0. The summed E-state index contributed by atoms with van der Waals surface area (Å²) in [5.41, 5.74) is 0. The average Bonchev–Trinajstić information content (AvgIpc) is 2.61. The summed E-state index contributed by atoms with van der Waals surface area (Å²) in [4.78, 5) is 11.2. The van der Waals surface area contributed by atoms with Gasteiger partial charge in [-0.25, -0.2) is 9.36 Å². The van der Waals surface area contributed by atoms with E-state index in [1.807, 2.05) is 0 Å². The van der Waals surface area contributed by atoms with Crippen LogP contribution in [0.15, 0.2) is 73.3 Å². The molecule has 0 spiro atoms. The smallest absolute Gasteiger partial charge is 0.457 e. The van der Waals surface area contributed by atoms with Crippen molar-refractivity contribution in [1.82, 2.24) is 0 Å². The SMILES string of the molecule is C=CC(=O)OC(C)COP(=O)(Oc1ccccc1)Oc1ccccc1. The van der Waals surface area contributed by atoms with Crippen LogP contribution in [0.5, 0.6) is 11.5 Å². The normalized spacial score (nSPS) is 12.0. The summed E-state index contributed by atoms with van der Waals surface area (Å²) < 4.78 is 34.2. The van der Waals surface area contributed by atoms with Crippen LogP contribution < -0.4 is 9.05 Å². The lowest BCUT2D eigenvalue weighted by atomic mass is 10.3. The summed E-state index contributed by atoms with van der Waals surface area (Å²) in [5, 5.41) is 0. The second-order valence-electron chi connectivity index (χ2n) is 5.00. The van der Waals surface area contributed by atoms with Crippen LogP contribution in [-0.2, 0) is 18.6 Å². The van der Waals surface area contributed by atoms with Crippen molar-refractivity contribution in [3.05, 3.63) is 73.3 Å². The lowest BCUT2D eigenvalue weighted by molar-refractivity contribution is -0.143. The number of esters is 1. The molecular formula is C18H19O6P. The third kappa shape index (κ3) is 6.45. The predicted molar refractivity (Wildman–Crippen MR) is 93.4 cm³/mol. The van der Waals surface area contributed by atoms with E-state index in [9.17, 15) is 9.36 Å². The Morgan fingerprint density at radius 1 is 1.04 bits per heavy atom. The highest BCUT2D eigenvalue weighted by Crippen LogP contribution is 2.49. The standard InChI is InChI=1S/C18H19O6P/c1-3-18(19)22-15(2)14-21-25(20,23-16-10-6-4-7-11-16)24-17-12-8-5-9-13-17/h3-13,15H,1,14H2,2H3. The van der Waals surface area contributed by atoms with E-state index in [2.05, 4.69) is 6.58 Å². The molecule has 0 amide bonds. The highest BCUT2D eigenvalue weighted by atomic mass is 31.2. The molecule has 0 aromatic heterocycles. The van der Waals surface area contributed by atoms with Gasteiger partial charge in [-0.1, -0.05) is 43.0 Å². The van der Waals surface area contributed by atoms with Crippen molar-refractivity contribution in [2.75, 3.05) is 6.61 Å². The number of ether oxygens (including phenoxy) is 1. The minimum absolute atomic E-state index is 0.170. The minimum Gasteiger partial charge on any atom is -0.457 e. The molecule has 0 heterocycles. The van der Waals surface area contributed by atoms with Gasteiger partial charge in [0.1, 0.15) is 17.6 Å². The molecule has 132 valence electrons. The third-order valence-electron chi connectivity index (χ3n) is 2.87. The molecule has 2 aromatic carbocycles. The van der Waals surface area contributed by atoms with Crippen molar-refractivity contribution in [2.24, 2.45) is 0 Å². The maximum absolute atomic E-state index is 13.0. The van der Waals surface area contributed by atoms with E-state index in [1.165, 1.54) is 0 Å². The molecule has 2 rings (SSSR count). The van der Waals surface area contributed by atoms with E-state index in [0.717, 1.165) is 6.08 Å². The van der Waals surface area contributed by atoms with Crippen LogP contribution in [0, 0.1) is 0 Å². The largest absolute Gasteiger partial charge is 0.587 e. The van der Waals surface area contributed by atoms with Gasteiger partial charge in [0.25, 0.3) is 0 Å². The van der Waals surface area contributed by atoms with Gasteiger partial charge in [-0.3, -0.25) is 4.52 Å².